The highest BCUT2D eigenvalue weighted by Gasteiger charge is 2.39. The van der Waals surface area contributed by atoms with Gasteiger partial charge in [0.05, 0.1) is 12.0 Å². The number of hydrogen-bond acceptors (Lipinski definition) is 4. The van der Waals surface area contributed by atoms with Crippen molar-refractivity contribution in [3.8, 4) is 0 Å². The summed E-state index contributed by atoms with van der Waals surface area (Å²) >= 11 is 0. The molecule has 0 saturated heterocycles. The van der Waals surface area contributed by atoms with E-state index < -0.39 is 5.97 Å². The third-order valence-electron chi connectivity index (χ3n) is 2.97. The van der Waals surface area contributed by atoms with Crippen LogP contribution in [0.1, 0.15) is 31.4 Å². The Morgan fingerprint density at radius 1 is 1.62 bits per heavy atom. The van der Waals surface area contributed by atoms with Gasteiger partial charge in [0.1, 0.15) is 0 Å². The summed E-state index contributed by atoms with van der Waals surface area (Å²) in [6.45, 7) is 1.89. The summed E-state index contributed by atoms with van der Waals surface area (Å²) in [4.78, 5) is 19.1. The summed E-state index contributed by atoms with van der Waals surface area (Å²) in [5, 5.41) is 12.0. The Labute approximate surface area is 93.9 Å². The normalized spacial score (nSPS) is 17.6. The first-order valence-corrected chi connectivity index (χ1v) is 5.39. The lowest BCUT2D eigenvalue weighted by Gasteiger charge is -2.41. The molecule has 0 unspecified atom stereocenters. The standard InChI is InChI=1S/C11H15N3O2/c1-8-3-6-12-10(13-8)14-11(4-2-5-11)7-9(15)16/h3,6H,2,4-5,7H2,1H3,(H,15,16)(H,12,13,14). The Bertz CT molecular complexity index is 402. The molecule has 0 aliphatic heterocycles. The third-order valence-corrected chi connectivity index (χ3v) is 2.97. The summed E-state index contributed by atoms with van der Waals surface area (Å²) in [5.74, 6) is -0.249. The Balaban J connectivity index is 2.09. The number of rotatable bonds is 4. The topological polar surface area (TPSA) is 75.1 Å². The van der Waals surface area contributed by atoms with Crippen molar-refractivity contribution >= 4 is 11.9 Å². The molecule has 1 aromatic rings. The van der Waals surface area contributed by atoms with E-state index >= 15 is 0 Å². The number of nitrogens with zero attached hydrogens (tertiary/aromatic N) is 2. The summed E-state index contributed by atoms with van der Waals surface area (Å²) in [5.41, 5.74) is 0.543. The molecular formula is C11H15N3O2. The molecule has 1 aliphatic rings. The molecule has 5 nitrogen and oxygen atoms in total. The molecule has 0 radical (unpaired) electrons. The molecule has 0 atom stereocenters. The second-order valence-electron chi connectivity index (χ2n) is 4.35. The molecule has 0 spiro atoms. The Hall–Kier alpha value is -1.65. The highest BCUT2D eigenvalue weighted by atomic mass is 16.4. The molecule has 0 amide bonds. The van der Waals surface area contributed by atoms with Crippen LogP contribution < -0.4 is 5.32 Å². The summed E-state index contributed by atoms with van der Waals surface area (Å²) in [7, 11) is 0. The van der Waals surface area contributed by atoms with Crippen molar-refractivity contribution in [2.45, 2.75) is 38.1 Å². The average Bonchev–Trinajstić information content (AvgIpc) is 2.13. The van der Waals surface area contributed by atoms with E-state index in [9.17, 15) is 4.79 Å². The van der Waals surface area contributed by atoms with Gasteiger partial charge in [0.2, 0.25) is 5.95 Å². The van der Waals surface area contributed by atoms with Crippen LogP contribution in [0.5, 0.6) is 0 Å². The fraction of sp³-hybridized carbons (Fsp3) is 0.545. The summed E-state index contributed by atoms with van der Waals surface area (Å²) in [6, 6.07) is 1.82. The van der Waals surface area contributed by atoms with Crippen molar-refractivity contribution in [2.75, 3.05) is 5.32 Å². The number of aromatic nitrogens is 2. The predicted molar refractivity (Wildman–Crippen MR) is 59.2 cm³/mol. The monoisotopic (exact) mass is 221 g/mol. The molecular weight excluding hydrogens is 206 g/mol. The molecule has 1 heterocycles. The first-order valence-electron chi connectivity index (χ1n) is 5.39. The van der Waals surface area contributed by atoms with E-state index in [-0.39, 0.29) is 12.0 Å². The molecule has 1 aromatic heterocycles. The van der Waals surface area contributed by atoms with Gasteiger partial charge in [-0.15, -0.1) is 0 Å². The van der Waals surface area contributed by atoms with Crippen LogP contribution in [0.25, 0.3) is 0 Å². The van der Waals surface area contributed by atoms with Gasteiger partial charge in [0, 0.05) is 11.9 Å². The lowest BCUT2D eigenvalue weighted by Crippen LogP contribution is -2.47. The SMILES string of the molecule is Cc1ccnc(NC2(CC(=O)O)CCC2)n1. The van der Waals surface area contributed by atoms with Gasteiger partial charge >= 0.3 is 5.97 Å². The maximum atomic E-state index is 10.8. The average molecular weight is 221 g/mol. The minimum atomic E-state index is -0.778. The van der Waals surface area contributed by atoms with Gasteiger partial charge in [-0.1, -0.05) is 0 Å². The largest absolute Gasteiger partial charge is 0.481 e. The predicted octanol–water partition coefficient (Wildman–Crippen LogP) is 1.59. The smallest absolute Gasteiger partial charge is 0.305 e. The highest BCUT2D eigenvalue weighted by molar-refractivity contribution is 5.69. The van der Waals surface area contributed by atoms with Crippen molar-refractivity contribution in [3.05, 3.63) is 18.0 Å². The van der Waals surface area contributed by atoms with E-state index in [0.717, 1.165) is 25.0 Å². The van der Waals surface area contributed by atoms with Crippen LogP contribution in [0.4, 0.5) is 5.95 Å². The second-order valence-corrected chi connectivity index (χ2v) is 4.35. The van der Waals surface area contributed by atoms with Gasteiger partial charge in [-0.05, 0) is 32.3 Å². The first-order chi connectivity index (χ1) is 7.60. The van der Waals surface area contributed by atoms with E-state index in [1.54, 1.807) is 6.20 Å². The minimum Gasteiger partial charge on any atom is -0.481 e. The van der Waals surface area contributed by atoms with E-state index in [4.69, 9.17) is 5.11 Å². The van der Waals surface area contributed by atoms with Crippen molar-refractivity contribution in [2.24, 2.45) is 0 Å². The van der Waals surface area contributed by atoms with Gasteiger partial charge in [0.25, 0.3) is 0 Å². The number of anilines is 1. The highest BCUT2D eigenvalue weighted by Crippen LogP contribution is 2.37. The van der Waals surface area contributed by atoms with Crippen LogP contribution in [0.3, 0.4) is 0 Å². The number of aryl methyl sites for hydroxylation is 1. The molecule has 0 aromatic carbocycles. The zero-order valence-corrected chi connectivity index (χ0v) is 9.23. The van der Waals surface area contributed by atoms with Crippen molar-refractivity contribution in [3.63, 3.8) is 0 Å². The molecule has 1 fully saturated rings. The Morgan fingerprint density at radius 3 is 2.88 bits per heavy atom. The van der Waals surface area contributed by atoms with Crippen LogP contribution in [-0.4, -0.2) is 26.6 Å². The fourth-order valence-electron chi connectivity index (χ4n) is 1.99. The van der Waals surface area contributed by atoms with Gasteiger partial charge in [-0.3, -0.25) is 4.79 Å². The number of aliphatic carboxylic acids is 1. The summed E-state index contributed by atoms with van der Waals surface area (Å²) in [6.07, 6.45) is 4.61. The van der Waals surface area contributed by atoms with Crippen LogP contribution in [0, 0.1) is 6.92 Å². The summed E-state index contributed by atoms with van der Waals surface area (Å²) < 4.78 is 0. The molecule has 1 saturated carbocycles. The zero-order chi connectivity index (χ0) is 11.6. The first kappa shape index (κ1) is 10.9. The van der Waals surface area contributed by atoms with Crippen molar-refractivity contribution in [1.29, 1.82) is 0 Å². The van der Waals surface area contributed by atoms with Crippen LogP contribution in [-0.2, 0) is 4.79 Å². The third kappa shape index (κ3) is 2.29. The van der Waals surface area contributed by atoms with Crippen molar-refractivity contribution in [1.82, 2.24) is 9.97 Å². The van der Waals surface area contributed by atoms with E-state index in [2.05, 4.69) is 15.3 Å². The van der Waals surface area contributed by atoms with Gasteiger partial charge < -0.3 is 10.4 Å². The van der Waals surface area contributed by atoms with Crippen LogP contribution in [0.2, 0.25) is 0 Å². The van der Waals surface area contributed by atoms with E-state index in [0.29, 0.717) is 5.95 Å². The number of carboxylic acids is 1. The molecule has 0 bridgehead atoms. The van der Waals surface area contributed by atoms with Gasteiger partial charge in [-0.2, -0.15) is 0 Å². The van der Waals surface area contributed by atoms with Gasteiger partial charge in [-0.25, -0.2) is 9.97 Å². The van der Waals surface area contributed by atoms with Crippen LogP contribution in [0.15, 0.2) is 12.3 Å². The molecule has 2 rings (SSSR count). The maximum absolute atomic E-state index is 10.8. The molecule has 16 heavy (non-hydrogen) atoms. The minimum absolute atomic E-state index is 0.129. The Morgan fingerprint density at radius 2 is 2.38 bits per heavy atom. The maximum Gasteiger partial charge on any atom is 0.305 e. The quantitative estimate of drug-likeness (QED) is 0.807. The second kappa shape index (κ2) is 4.08. The molecule has 2 N–H and O–H groups in total. The van der Waals surface area contributed by atoms with E-state index in [1.165, 1.54) is 0 Å². The lowest BCUT2D eigenvalue weighted by molar-refractivity contribution is -0.138. The Kier molecular flexibility index (Phi) is 2.77. The number of hydrogen-bond donors (Lipinski definition) is 2. The number of carboxylic acid groups (broad SMARTS) is 1. The molecule has 86 valence electrons. The van der Waals surface area contributed by atoms with Gasteiger partial charge in [0.15, 0.2) is 0 Å². The molecule has 1 aliphatic carbocycles. The number of carbonyl (C=O) groups is 1. The fourth-order valence-corrected chi connectivity index (χ4v) is 1.99. The van der Waals surface area contributed by atoms with E-state index in [1.807, 2.05) is 13.0 Å². The number of nitrogens with one attached hydrogen (secondary N) is 1. The zero-order valence-electron chi connectivity index (χ0n) is 9.23. The molecule has 5 heteroatoms. The lowest BCUT2D eigenvalue weighted by atomic mass is 9.74. The van der Waals surface area contributed by atoms with Crippen LogP contribution >= 0.6 is 0 Å². The van der Waals surface area contributed by atoms with Crippen molar-refractivity contribution < 1.29 is 9.90 Å².